The zero-order valence-corrected chi connectivity index (χ0v) is 20.1. The molecule has 11 heteroatoms. The largest absolute Gasteiger partial charge is 0.324 e. The number of carbonyl (C=O) groups excluding carboxylic acids is 1. The molecule has 168 valence electrons. The standard InChI is InChI=1S/C22H22IN9O/c1-3-18-27-20(30-21(28-18)29-19-12-13(2)31-32-19)24-15-8-10-17(11-9-15)26-22(33)25-16-6-4-14(23)5-7-16/h4-12H,3H2,1-2H3,(H2,25,26,33)(H3,24,27,28,29,30,31,32). The van der Waals surface area contributed by atoms with Crippen LogP contribution in [0.4, 0.5) is 39.6 Å². The van der Waals surface area contributed by atoms with Gasteiger partial charge in [0.1, 0.15) is 5.82 Å². The van der Waals surface area contributed by atoms with Gasteiger partial charge >= 0.3 is 6.03 Å². The highest BCUT2D eigenvalue weighted by Crippen LogP contribution is 2.19. The Bertz CT molecular complexity index is 1240. The Balaban J connectivity index is 1.40. The maximum absolute atomic E-state index is 12.2. The molecule has 0 bridgehead atoms. The molecule has 5 N–H and O–H groups in total. The number of H-pyrrole nitrogens is 1. The van der Waals surface area contributed by atoms with Crippen LogP contribution >= 0.6 is 22.6 Å². The van der Waals surface area contributed by atoms with E-state index in [0.29, 0.717) is 35.6 Å². The molecule has 0 saturated heterocycles. The average molecular weight is 555 g/mol. The molecule has 33 heavy (non-hydrogen) atoms. The molecular formula is C22H22IN9O. The van der Waals surface area contributed by atoms with E-state index in [0.717, 1.165) is 20.6 Å². The Kier molecular flexibility index (Phi) is 6.98. The van der Waals surface area contributed by atoms with Crippen LogP contribution in [0.25, 0.3) is 0 Å². The minimum absolute atomic E-state index is 0.314. The lowest BCUT2D eigenvalue weighted by atomic mass is 10.3. The fourth-order valence-corrected chi connectivity index (χ4v) is 3.24. The summed E-state index contributed by atoms with van der Waals surface area (Å²) in [6, 6.07) is 16.4. The molecule has 2 amide bonds. The zero-order valence-electron chi connectivity index (χ0n) is 18.0. The number of hydrogen-bond acceptors (Lipinski definition) is 7. The molecule has 0 unspecified atom stereocenters. The summed E-state index contributed by atoms with van der Waals surface area (Å²) in [5.41, 5.74) is 3.09. The third-order valence-corrected chi connectivity index (χ3v) is 5.16. The van der Waals surface area contributed by atoms with Gasteiger partial charge in [0.15, 0.2) is 5.82 Å². The summed E-state index contributed by atoms with van der Waals surface area (Å²) in [4.78, 5) is 25.5. The number of nitrogens with one attached hydrogen (secondary N) is 5. The Morgan fingerprint density at radius 2 is 1.45 bits per heavy atom. The van der Waals surface area contributed by atoms with Crippen molar-refractivity contribution in [2.75, 3.05) is 21.3 Å². The maximum Gasteiger partial charge on any atom is 0.323 e. The summed E-state index contributed by atoms with van der Waals surface area (Å²) < 4.78 is 1.10. The van der Waals surface area contributed by atoms with Crippen molar-refractivity contribution in [2.24, 2.45) is 0 Å². The van der Waals surface area contributed by atoms with Crippen LogP contribution in [0.15, 0.2) is 54.6 Å². The van der Waals surface area contributed by atoms with E-state index in [2.05, 4.69) is 69.0 Å². The number of aromatic amines is 1. The number of aromatic nitrogens is 5. The molecule has 4 rings (SSSR count). The van der Waals surface area contributed by atoms with E-state index in [-0.39, 0.29) is 6.03 Å². The third kappa shape index (κ3) is 6.38. The van der Waals surface area contributed by atoms with Crippen molar-refractivity contribution in [3.63, 3.8) is 0 Å². The second-order valence-electron chi connectivity index (χ2n) is 7.10. The number of anilines is 6. The zero-order chi connectivity index (χ0) is 23.2. The predicted octanol–water partition coefficient (Wildman–Crippen LogP) is 5.20. The van der Waals surface area contributed by atoms with E-state index in [1.54, 1.807) is 12.1 Å². The molecular weight excluding hydrogens is 533 g/mol. The van der Waals surface area contributed by atoms with Crippen LogP contribution in [-0.4, -0.2) is 31.2 Å². The van der Waals surface area contributed by atoms with Crippen molar-refractivity contribution in [3.05, 3.63) is 69.7 Å². The van der Waals surface area contributed by atoms with Crippen molar-refractivity contribution < 1.29 is 4.79 Å². The smallest absolute Gasteiger partial charge is 0.323 e. The molecule has 0 atom stereocenters. The molecule has 0 spiro atoms. The Morgan fingerprint density at radius 1 is 0.879 bits per heavy atom. The first kappa shape index (κ1) is 22.5. The lowest BCUT2D eigenvalue weighted by Gasteiger charge is -2.10. The van der Waals surface area contributed by atoms with Crippen molar-refractivity contribution in [3.8, 4) is 0 Å². The topological polar surface area (TPSA) is 133 Å². The third-order valence-electron chi connectivity index (χ3n) is 4.44. The van der Waals surface area contributed by atoms with Crippen LogP contribution in [0.1, 0.15) is 18.4 Å². The Morgan fingerprint density at radius 3 is 2.03 bits per heavy atom. The van der Waals surface area contributed by atoms with Gasteiger partial charge in [-0.15, -0.1) is 0 Å². The SMILES string of the molecule is CCc1nc(Nc2ccc(NC(=O)Nc3ccc(I)cc3)cc2)nc(Nc2cc(C)[nH]n2)n1. The minimum atomic E-state index is -0.314. The van der Waals surface area contributed by atoms with Crippen LogP contribution < -0.4 is 21.3 Å². The van der Waals surface area contributed by atoms with Crippen molar-refractivity contribution in [1.29, 1.82) is 0 Å². The first-order chi connectivity index (χ1) is 16.0. The first-order valence-electron chi connectivity index (χ1n) is 10.2. The van der Waals surface area contributed by atoms with E-state index >= 15 is 0 Å². The summed E-state index contributed by atoms with van der Waals surface area (Å²) in [7, 11) is 0. The van der Waals surface area contributed by atoms with E-state index in [1.165, 1.54) is 0 Å². The van der Waals surface area contributed by atoms with Gasteiger partial charge in [-0.25, -0.2) is 4.79 Å². The molecule has 10 nitrogen and oxygen atoms in total. The highest BCUT2D eigenvalue weighted by atomic mass is 127. The molecule has 0 radical (unpaired) electrons. The van der Waals surface area contributed by atoms with Crippen molar-refractivity contribution in [1.82, 2.24) is 25.1 Å². The van der Waals surface area contributed by atoms with Gasteiger partial charge in [0.25, 0.3) is 0 Å². The van der Waals surface area contributed by atoms with Gasteiger partial charge in [0.05, 0.1) is 0 Å². The number of halogens is 1. The van der Waals surface area contributed by atoms with Gasteiger partial charge < -0.3 is 21.3 Å². The maximum atomic E-state index is 12.2. The van der Waals surface area contributed by atoms with E-state index in [9.17, 15) is 4.79 Å². The number of amides is 2. The van der Waals surface area contributed by atoms with Crippen LogP contribution in [0.3, 0.4) is 0 Å². The fraction of sp³-hybridized carbons (Fsp3) is 0.136. The van der Waals surface area contributed by atoms with E-state index in [4.69, 9.17) is 0 Å². The van der Waals surface area contributed by atoms with Crippen LogP contribution in [-0.2, 0) is 6.42 Å². The second kappa shape index (κ2) is 10.3. The lowest BCUT2D eigenvalue weighted by molar-refractivity contribution is 0.262. The summed E-state index contributed by atoms with van der Waals surface area (Å²) in [5, 5.41) is 18.9. The van der Waals surface area contributed by atoms with Crippen LogP contribution in [0, 0.1) is 10.5 Å². The number of benzene rings is 2. The van der Waals surface area contributed by atoms with Gasteiger partial charge in [0, 0.05) is 38.8 Å². The van der Waals surface area contributed by atoms with Gasteiger partial charge in [-0.2, -0.15) is 20.1 Å². The fourth-order valence-electron chi connectivity index (χ4n) is 2.88. The molecule has 0 aliphatic heterocycles. The van der Waals surface area contributed by atoms with Crippen LogP contribution in [0.5, 0.6) is 0 Å². The summed E-state index contributed by atoms with van der Waals surface area (Å²) in [6.07, 6.45) is 0.657. The van der Waals surface area contributed by atoms with Gasteiger partial charge in [-0.1, -0.05) is 6.92 Å². The first-order valence-corrected chi connectivity index (χ1v) is 11.3. The number of nitrogens with zero attached hydrogens (tertiary/aromatic N) is 4. The van der Waals surface area contributed by atoms with Gasteiger partial charge in [-0.05, 0) is 78.0 Å². The molecule has 0 aliphatic carbocycles. The highest BCUT2D eigenvalue weighted by molar-refractivity contribution is 14.1. The summed E-state index contributed by atoms with van der Waals surface area (Å²) in [5.74, 6) is 2.09. The number of hydrogen-bond donors (Lipinski definition) is 5. The van der Waals surface area contributed by atoms with Crippen LogP contribution in [0.2, 0.25) is 0 Å². The lowest BCUT2D eigenvalue weighted by Crippen LogP contribution is -2.19. The van der Waals surface area contributed by atoms with Crippen molar-refractivity contribution in [2.45, 2.75) is 20.3 Å². The highest BCUT2D eigenvalue weighted by Gasteiger charge is 2.09. The van der Waals surface area contributed by atoms with Gasteiger partial charge in [-0.3, -0.25) is 5.10 Å². The second-order valence-corrected chi connectivity index (χ2v) is 8.35. The normalized spacial score (nSPS) is 10.5. The molecule has 0 saturated carbocycles. The Labute approximate surface area is 204 Å². The quantitative estimate of drug-likeness (QED) is 0.198. The van der Waals surface area contributed by atoms with E-state index < -0.39 is 0 Å². The van der Waals surface area contributed by atoms with Gasteiger partial charge in [0.2, 0.25) is 11.9 Å². The average Bonchev–Trinajstić information content (AvgIpc) is 3.21. The summed E-state index contributed by atoms with van der Waals surface area (Å²) in [6.45, 7) is 3.89. The number of rotatable bonds is 7. The predicted molar refractivity (Wildman–Crippen MR) is 137 cm³/mol. The number of aryl methyl sites for hydroxylation is 2. The number of urea groups is 1. The molecule has 0 fully saturated rings. The number of carbonyl (C=O) groups is 1. The molecule has 2 aromatic carbocycles. The molecule has 2 aromatic heterocycles. The molecule has 4 aromatic rings. The van der Waals surface area contributed by atoms with Crippen molar-refractivity contribution >= 4 is 63.4 Å². The summed E-state index contributed by atoms with van der Waals surface area (Å²) >= 11 is 2.22. The molecule has 2 heterocycles. The monoisotopic (exact) mass is 555 g/mol. The van der Waals surface area contributed by atoms with E-state index in [1.807, 2.05) is 56.3 Å². The minimum Gasteiger partial charge on any atom is -0.324 e. The Hall–Kier alpha value is -3.74. The molecule has 0 aliphatic rings.